The fourth-order valence-electron chi connectivity index (χ4n) is 4.40. The molecule has 8 heteroatoms. The number of aromatic nitrogens is 2. The van der Waals surface area contributed by atoms with Crippen molar-refractivity contribution in [1.29, 1.82) is 0 Å². The lowest BCUT2D eigenvalue weighted by Gasteiger charge is -2.31. The number of benzene rings is 2. The maximum Gasteiger partial charge on any atom is 0.243 e. The fourth-order valence-corrected chi connectivity index (χ4v) is 5.91. The summed E-state index contributed by atoms with van der Waals surface area (Å²) in [5.74, 6) is 1.78. The number of hydrogen-bond acceptors (Lipinski definition) is 6. The molecule has 3 heterocycles. The van der Waals surface area contributed by atoms with E-state index >= 15 is 0 Å². The predicted molar refractivity (Wildman–Crippen MR) is 127 cm³/mol. The van der Waals surface area contributed by atoms with E-state index in [9.17, 15) is 8.42 Å². The van der Waals surface area contributed by atoms with Crippen LogP contribution in [0.5, 0.6) is 11.6 Å². The number of hydrogen-bond donors (Lipinski definition) is 0. The predicted octanol–water partition coefficient (Wildman–Crippen LogP) is 4.31. The minimum atomic E-state index is -3.64. The Bertz CT molecular complexity index is 1240. The van der Waals surface area contributed by atoms with Crippen molar-refractivity contribution in [2.45, 2.75) is 44.0 Å². The van der Waals surface area contributed by atoms with Gasteiger partial charge in [-0.2, -0.15) is 9.29 Å². The van der Waals surface area contributed by atoms with Crippen molar-refractivity contribution in [3.63, 3.8) is 0 Å². The second-order valence-electron chi connectivity index (χ2n) is 8.62. The molecular weight excluding hydrogens is 436 g/mol. The standard InChI is InChI=1S/C25H28N4O3S/c1-19-9-8-12-21(17-19)33(30,31)29-16-13-23-22(18-29)24(32-20-10-4-2-5-11-20)27-25(26-23)28-14-6-3-7-15-28/h2,4-5,8-12,17H,3,6-7,13-16,18H2,1H3. The third kappa shape index (κ3) is 4.58. The number of fused-ring (bicyclic) bond motifs is 1. The highest BCUT2D eigenvalue weighted by Gasteiger charge is 2.32. The van der Waals surface area contributed by atoms with Gasteiger partial charge in [-0.15, -0.1) is 0 Å². The van der Waals surface area contributed by atoms with E-state index in [2.05, 4.69) is 4.90 Å². The fraction of sp³-hybridized carbons (Fsp3) is 0.360. The Kier molecular flexibility index (Phi) is 6.03. The molecule has 7 nitrogen and oxygen atoms in total. The van der Waals surface area contributed by atoms with Crippen molar-refractivity contribution in [2.24, 2.45) is 0 Å². The molecule has 0 aliphatic carbocycles. The average molecular weight is 465 g/mol. The van der Waals surface area contributed by atoms with Crippen molar-refractivity contribution in [1.82, 2.24) is 14.3 Å². The summed E-state index contributed by atoms with van der Waals surface area (Å²) >= 11 is 0. The van der Waals surface area contributed by atoms with Crippen molar-refractivity contribution in [3.05, 3.63) is 71.4 Å². The zero-order chi connectivity index (χ0) is 22.8. The van der Waals surface area contributed by atoms with Gasteiger partial charge in [0.2, 0.25) is 21.9 Å². The molecule has 1 fully saturated rings. The van der Waals surface area contributed by atoms with Crippen LogP contribution in [0.4, 0.5) is 5.95 Å². The summed E-state index contributed by atoms with van der Waals surface area (Å²) in [5, 5.41) is 0. The second kappa shape index (κ2) is 9.11. The summed E-state index contributed by atoms with van der Waals surface area (Å²) in [6.45, 7) is 4.32. The van der Waals surface area contributed by atoms with Gasteiger partial charge in [0, 0.05) is 32.6 Å². The molecule has 0 amide bonds. The van der Waals surface area contributed by atoms with E-state index < -0.39 is 10.0 Å². The molecule has 3 aromatic rings. The number of aryl methyl sites for hydroxylation is 1. The molecule has 0 saturated carbocycles. The third-order valence-corrected chi connectivity index (χ3v) is 8.04. The Morgan fingerprint density at radius 3 is 2.45 bits per heavy atom. The molecule has 1 aromatic heterocycles. The van der Waals surface area contributed by atoms with Crippen molar-refractivity contribution in [3.8, 4) is 11.6 Å². The molecule has 33 heavy (non-hydrogen) atoms. The summed E-state index contributed by atoms with van der Waals surface area (Å²) in [6, 6.07) is 16.5. The molecule has 0 unspecified atom stereocenters. The van der Waals surface area contributed by atoms with Gasteiger partial charge in [0.1, 0.15) is 5.75 Å². The number of para-hydroxylation sites is 1. The molecule has 0 radical (unpaired) electrons. The topological polar surface area (TPSA) is 75.6 Å². The highest BCUT2D eigenvalue weighted by molar-refractivity contribution is 7.89. The van der Waals surface area contributed by atoms with E-state index in [1.807, 2.05) is 43.3 Å². The van der Waals surface area contributed by atoms with E-state index in [0.29, 0.717) is 35.4 Å². The van der Waals surface area contributed by atoms with Crippen LogP contribution < -0.4 is 9.64 Å². The van der Waals surface area contributed by atoms with Crippen LogP contribution in [0, 0.1) is 6.92 Å². The number of sulfonamides is 1. The van der Waals surface area contributed by atoms with Crippen LogP contribution >= 0.6 is 0 Å². The quantitative estimate of drug-likeness (QED) is 0.560. The summed E-state index contributed by atoms with van der Waals surface area (Å²) in [5.41, 5.74) is 2.52. The number of rotatable bonds is 5. The molecule has 2 aliphatic heterocycles. The lowest BCUT2D eigenvalue weighted by molar-refractivity contribution is 0.369. The highest BCUT2D eigenvalue weighted by atomic mass is 32.2. The zero-order valence-electron chi connectivity index (χ0n) is 18.8. The smallest absolute Gasteiger partial charge is 0.243 e. The van der Waals surface area contributed by atoms with Gasteiger partial charge in [0.15, 0.2) is 0 Å². The van der Waals surface area contributed by atoms with Crippen LogP contribution in [0.3, 0.4) is 0 Å². The van der Waals surface area contributed by atoms with Crippen LogP contribution in [0.2, 0.25) is 0 Å². The monoisotopic (exact) mass is 464 g/mol. The van der Waals surface area contributed by atoms with Crippen LogP contribution in [0.25, 0.3) is 0 Å². The van der Waals surface area contributed by atoms with Crippen LogP contribution in [-0.2, 0) is 23.0 Å². The summed E-state index contributed by atoms with van der Waals surface area (Å²) in [6.07, 6.45) is 3.99. The molecule has 1 saturated heterocycles. The van der Waals surface area contributed by atoms with Gasteiger partial charge in [-0.1, -0.05) is 30.3 Å². The molecule has 2 aromatic carbocycles. The molecule has 0 bridgehead atoms. The molecule has 0 spiro atoms. The van der Waals surface area contributed by atoms with Gasteiger partial charge in [-0.25, -0.2) is 13.4 Å². The van der Waals surface area contributed by atoms with Gasteiger partial charge in [0.25, 0.3) is 0 Å². The zero-order valence-corrected chi connectivity index (χ0v) is 19.6. The Hall–Kier alpha value is -2.97. The molecule has 0 N–H and O–H groups in total. The third-order valence-electron chi connectivity index (χ3n) is 6.20. The van der Waals surface area contributed by atoms with Gasteiger partial charge in [-0.05, 0) is 56.0 Å². The van der Waals surface area contributed by atoms with Crippen molar-refractivity contribution >= 4 is 16.0 Å². The molecular formula is C25H28N4O3S. The first-order chi connectivity index (χ1) is 16.0. The van der Waals surface area contributed by atoms with Crippen LogP contribution in [-0.4, -0.2) is 42.3 Å². The van der Waals surface area contributed by atoms with Crippen LogP contribution in [0.1, 0.15) is 36.1 Å². The van der Waals surface area contributed by atoms with Gasteiger partial charge in [0.05, 0.1) is 16.2 Å². The summed E-state index contributed by atoms with van der Waals surface area (Å²) in [7, 11) is -3.64. The molecule has 172 valence electrons. The minimum absolute atomic E-state index is 0.189. The average Bonchev–Trinajstić information content (AvgIpc) is 2.85. The van der Waals surface area contributed by atoms with Gasteiger partial charge < -0.3 is 9.64 Å². The highest BCUT2D eigenvalue weighted by Crippen LogP contribution is 2.34. The van der Waals surface area contributed by atoms with Crippen LogP contribution in [0.15, 0.2) is 59.5 Å². The summed E-state index contributed by atoms with van der Waals surface area (Å²) in [4.78, 5) is 12.1. The second-order valence-corrected chi connectivity index (χ2v) is 10.6. The number of ether oxygens (including phenoxy) is 1. The maximum atomic E-state index is 13.4. The first-order valence-electron chi connectivity index (χ1n) is 11.5. The first kappa shape index (κ1) is 21.9. The Labute approximate surface area is 195 Å². The van der Waals surface area contributed by atoms with Gasteiger partial charge >= 0.3 is 0 Å². The first-order valence-corrected chi connectivity index (χ1v) is 12.9. The Morgan fingerprint density at radius 1 is 0.909 bits per heavy atom. The maximum absolute atomic E-state index is 13.4. The van der Waals surface area contributed by atoms with Crippen molar-refractivity contribution in [2.75, 3.05) is 24.5 Å². The molecule has 0 atom stereocenters. The SMILES string of the molecule is Cc1cccc(S(=O)(=O)N2CCc3nc(N4CCCCC4)nc(Oc4ccccc4)c3C2)c1. The van der Waals surface area contributed by atoms with E-state index in [1.165, 1.54) is 10.7 Å². The van der Waals surface area contributed by atoms with E-state index in [-0.39, 0.29) is 6.54 Å². The van der Waals surface area contributed by atoms with Crippen molar-refractivity contribution < 1.29 is 13.2 Å². The number of anilines is 1. The number of nitrogens with zero attached hydrogens (tertiary/aromatic N) is 4. The Morgan fingerprint density at radius 2 is 1.70 bits per heavy atom. The lowest BCUT2D eigenvalue weighted by Crippen LogP contribution is -2.37. The molecule has 5 rings (SSSR count). The molecule has 2 aliphatic rings. The normalized spacial score (nSPS) is 16.9. The van der Waals surface area contributed by atoms with E-state index in [4.69, 9.17) is 14.7 Å². The largest absolute Gasteiger partial charge is 0.439 e. The van der Waals surface area contributed by atoms with E-state index in [0.717, 1.165) is 42.8 Å². The Balaban J connectivity index is 1.52. The van der Waals surface area contributed by atoms with Gasteiger partial charge in [-0.3, -0.25) is 0 Å². The number of piperidine rings is 1. The summed E-state index contributed by atoms with van der Waals surface area (Å²) < 4.78 is 34.4. The lowest BCUT2D eigenvalue weighted by atomic mass is 10.1. The minimum Gasteiger partial charge on any atom is -0.439 e. The van der Waals surface area contributed by atoms with E-state index in [1.54, 1.807) is 18.2 Å².